The van der Waals surface area contributed by atoms with Crippen LogP contribution in [0, 0.1) is 0 Å². The molecule has 0 saturated carbocycles. The SMILES string of the molecule is CCCCCCC[C@@H]1C[C@@H](F)CCO1. The Kier molecular flexibility index (Phi) is 6.17. The lowest BCUT2D eigenvalue weighted by molar-refractivity contribution is -0.0227. The Morgan fingerprint density at radius 3 is 2.71 bits per heavy atom. The number of ether oxygens (including phenoxy) is 1. The van der Waals surface area contributed by atoms with Crippen molar-refractivity contribution < 1.29 is 9.13 Å². The van der Waals surface area contributed by atoms with Gasteiger partial charge in [-0.1, -0.05) is 39.0 Å². The molecular weight excluding hydrogens is 179 g/mol. The van der Waals surface area contributed by atoms with E-state index in [0.717, 1.165) is 6.42 Å². The molecule has 0 unspecified atom stereocenters. The van der Waals surface area contributed by atoms with Crippen LogP contribution in [0.15, 0.2) is 0 Å². The maximum atomic E-state index is 13.0. The second-order valence-electron chi connectivity index (χ2n) is 4.32. The summed E-state index contributed by atoms with van der Waals surface area (Å²) in [5.74, 6) is 0. The number of halogens is 1. The standard InChI is InChI=1S/C12H23FO/c1-2-3-4-5-6-7-12-10-11(13)8-9-14-12/h11-12H,2-10H2,1H3/t11-,12+/m0/s1. The Balaban J connectivity index is 1.95. The van der Waals surface area contributed by atoms with Crippen molar-refractivity contribution in [1.29, 1.82) is 0 Å². The second-order valence-corrected chi connectivity index (χ2v) is 4.32. The first-order valence-electron chi connectivity index (χ1n) is 6.08. The molecule has 0 amide bonds. The smallest absolute Gasteiger partial charge is 0.105 e. The van der Waals surface area contributed by atoms with E-state index in [1.54, 1.807) is 0 Å². The van der Waals surface area contributed by atoms with Gasteiger partial charge in [-0.25, -0.2) is 4.39 Å². The minimum atomic E-state index is -0.607. The molecule has 0 aromatic carbocycles. The highest BCUT2D eigenvalue weighted by Crippen LogP contribution is 2.21. The van der Waals surface area contributed by atoms with Crippen molar-refractivity contribution in [2.24, 2.45) is 0 Å². The fraction of sp³-hybridized carbons (Fsp3) is 1.00. The topological polar surface area (TPSA) is 9.23 Å². The predicted octanol–water partition coefficient (Wildman–Crippen LogP) is 3.86. The number of rotatable bonds is 6. The summed E-state index contributed by atoms with van der Waals surface area (Å²) in [6, 6.07) is 0. The van der Waals surface area contributed by atoms with E-state index in [2.05, 4.69) is 6.92 Å². The molecule has 0 aliphatic carbocycles. The van der Waals surface area contributed by atoms with Crippen LogP contribution in [-0.2, 0) is 4.74 Å². The van der Waals surface area contributed by atoms with Crippen LogP contribution in [0.4, 0.5) is 4.39 Å². The molecule has 2 atom stereocenters. The van der Waals surface area contributed by atoms with Crippen LogP contribution < -0.4 is 0 Å². The highest BCUT2D eigenvalue weighted by molar-refractivity contribution is 4.70. The average Bonchev–Trinajstić information content (AvgIpc) is 2.18. The second kappa shape index (κ2) is 7.22. The summed E-state index contributed by atoms with van der Waals surface area (Å²) in [5, 5.41) is 0. The lowest BCUT2D eigenvalue weighted by atomic mass is 10.0. The van der Waals surface area contributed by atoms with Gasteiger partial charge in [-0.3, -0.25) is 0 Å². The molecular formula is C12H23FO. The molecule has 2 heteroatoms. The summed E-state index contributed by atoms with van der Waals surface area (Å²) in [4.78, 5) is 0. The van der Waals surface area contributed by atoms with Gasteiger partial charge in [0.05, 0.1) is 6.10 Å². The van der Waals surface area contributed by atoms with Crippen LogP contribution in [0.1, 0.15) is 58.3 Å². The van der Waals surface area contributed by atoms with Gasteiger partial charge in [0.15, 0.2) is 0 Å². The van der Waals surface area contributed by atoms with Crippen LogP contribution in [0.25, 0.3) is 0 Å². The molecule has 0 spiro atoms. The molecule has 1 saturated heterocycles. The number of hydrogen-bond donors (Lipinski definition) is 0. The van der Waals surface area contributed by atoms with Gasteiger partial charge in [-0.05, 0) is 6.42 Å². The molecule has 0 aromatic heterocycles. The average molecular weight is 202 g/mol. The van der Waals surface area contributed by atoms with Gasteiger partial charge in [0.25, 0.3) is 0 Å². The van der Waals surface area contributed by atoms with Gasteiger partial charge in [0.2, 0.25) is 0 Å². The highest BCUT2D eigenvalue weighted by atomic mass is 19.1. The summed E-state index contributed by atoms with van der Waals surface area (Å²) >= 11 is 0. The van der Waals surface area contributed by atoms with Crippen molar-refractivity contribution in [3.8, 4) is 0 Å². The van der Waals surface area contributed by atoms with E-state index in [1.165, 1.54) is 32.1 Å². The van der Waals surface area contributed by atoms with E-state index in [4.69, 9.17) is 4.74 Å². The summed E-state index contributed by atoms with van der Waals surface area (Å²) in [6.07, 6.45) is 8.32. The lowest BCUT2D eigenvalue weighted by Gasteiger charge is -2.25. The molecule has 14 heavy (non-hydrogen) atoms. The van der Waals surface area contributed by atoms with Crippen LogP contribution in [0.2, 0.25) is 0 Å². The quantitative estimate of drug-likeness (QED) is 0.594. The Bertz CT molecular complexity index is 138. The fourth-order valence-electron chi connectivity index (χ4n) is 2.01. The molecule has 0 bridgehead atoms. The molecule has 1 aliphatic rings. The molecule has 1 rings (SSSR count). The van der Waals surface area contributed by atoms with Crippen LogP contribution >= 0.6 is 0 Å². The van der Waals surface area contributed by atoms with E-state index >= 15 is 0 Å². The maximum absolute atomic E-state index is 13.0. The van der Waals surface area contributed by atoms with E-state index in [-0.39, 0.29) is 6.10 Å². The van der Waals surface area contributed by atoms with Gasteiger partial charge in [0.1, 0.15) is 6.17 Å². The van der Waals surface area contributed by atoms with Crippen molar-refractivity contribution in [3.63, 3.8) is 0 Å². The van der Waals surface area contributed by atoms with E-state index in [1.807, 2.05) is 0 Å². The van der Waals surface area contributed by atoms with Gasteiger partial charge in [0, 0.05) is 19.4 Å². The fourth-order valence-corrected chi connectivity index (χ4v) is 2.01. The largest absolute Gasteiger partial charge is 0.378 e. The molecule has 1 fully saturated rings. The van der Waals surface area contributed by atoms with Gasteiger partial charge in [-0.2, -0.15) is 0 Å². The first kappa shape index (κ1) is 12.0. The maximum Gasteiger partial charge on any atom is 0.105 e. The van der Waals surface area contributed by atoms with Crippen molar-refractivity contribution in [1.82, 2.24) is 0 Å². The molecule has 1 aliphatic heterocycles. The molecule has 0 N–H and O–H groups in total. The van der Waals surface area contributed by atoms with Crippen molar-refractivity contribution in [2.45, 2.75) is 70.6 Å². The molecule has 0 radical (unpaired) electrons. The molecule has 1 nitrogen and oxygen atoms in total. The first-order chi connectivity index (χ1) is 6.83. The zero-order chi connectivity index (χ0) is 10.2. The minimum absolute atomic E-state index is 0.209. The third kappa shape index (κ3) is 4.94. The highest BCUT2D eigenvalue weighted by Gasteiger charge is 2.21. The van der Waals surface area contributed by atoms with E-state index in [9.17, 15) is 4.39 Å². The normalized spacial score (nSPS) is 27.9. The molecule has 1 heterocycles. The summed E-state index contributed by atoms with van der Waals surface area (Å²) < 4.78 is 18.5. The number of hydrogen-bond acceptors (Lipinski definition) is 1. The number of unbranched alkanes of at least 4 members (excludes halogenated alkanes) is 4. The Labute approximate surface area is 87.0 Å². The zero-order valence-electron chi connectivity index (χ0n) is 9.30. The summed E-state index contributed by atoms with van der Waals surface area (Å²) in [6.45, 7) is 2.85. The van der Waals surface area contributed by atoms with Crippen LogP contribution in [-0.4, -0.2) is 18.9 Å². The van der Waals surface area contributed by atoms with Crippen LogP contribution in [0.5, 0.6) is 0 Å². The van der Waals surface area contributed by atoms with Crippen molar-refractivity contribution in [3.05, 3.63) is 0 Å². The van der Waals surface area contributed by atoms with E-state index in [0.29, 0.717) is 19.4 Å². The Morgan fingerprint density at radius 1 is 1.21 bits per heavy atom. The molecule has 0 aromatic rings. The van der Waals surface area contributed by atoms with Crippen molar-refractivity contribution in [2.75, 3.05) is 6.61 Å². The summed E-state index contributed by atoms with van der Waals surface area (Å²) in [7, 11) is 0. The predicted molar refractivity (Wildman–Crippen MR) is 57.2 cm³/mol. The Hall–Kier alpha value is -0.110. The van der Waals surface area contributed by atoms with Crippen molar-refractivity contribution >= 4 is 0 Å². The first-order valence-corrected chi connectivity index (χ1v) is 6.08. The Morgan fingerprint density at radius 2 is 2.00 bits per heavy atom. The lowest BCUT2D eigenvalue weighted by Crippen LogP contribution is -2.26. The number of alkyl halides is 1. The van der Waals surface area contributed by atoms with Gasteiger partial charge < -0.3 is 4.74 Å². The van der Waals surface area contributed by atoms with E-state index < -0.39 is 6.17 Å². The summed E-state index contributed by atoms with van der Waals surface area (Å²) in [5.41, 5.74) is 0. The van der Waals surface area contributed by atoms with Gasteiger partial charge in [-0.15, -0.1) is 0 Å². The van der Waals surface area contributed by atoms with Crippen LogP contribution in [0.3, 0.4) is 0 Å². The van der Waals surface area contributed by atoms with Gasteiger partial charge >= 0.3 is 0 Å². The minimum Gasteiger partial charge on any atom is -0.378 e. The zero-order valence-corrected chi connectivity index (χ0v) is 9.30. The molecule has 84 valence electrons. The third-order valence-corrected chi connectivity index (χ3v) is 2.93. The third-order valence-electron chi connectivity index (χ3n) is 2.93. The monoisotopic (exact) mass is 202 g/mol.